The topological polar surface area (TPSA) is 67.8 Å². The molecule has 0 atom stereocenters. The van der Waals surface area contributed by atoms with Crippen LogP contribution in [0.2, 0.25) is 0 Å². The van der Waals surface area contributed by atoms with Crippen molar-refractivity contribution in [3.05, 3.63) is 51.5 Å². The second-order valence-electron chi connectivity index (χ2n) is 7.76. The molecule has 1 saturated heterocycles. The number of furan rings is 1. The summed E-state index contributed by atoms with van der Waals surface area (Å²) >= 11 is 3.52. The molecule has 1 aliphatic rings. The van der Waals surface area contributed by atoms with Crippen LogP contribution in [0.15, 0.2) is 33.4 Å². The van der Waals surface area contributed by atoms with Gasteiger partial charge in [0.05, 0.1) is 35.0 Å². The maximum Gasteiger partial charge on any atom is 0.340 e. The minimum absolute atomic E-state index is 0.189. The van der Waals surface area contributed by atoms with Crippen LogP contribution in [0, 0.1) is 6.92 Å². The molecule has 0 radical (unpaired) electrons. The minimum Gasteiger partial charge on any atom is -0.506 e. The van der Waals surface area contributed by atoms with Gasteiger partial charge in [-0.3, -0.25) is 4.90 Å². The first-order valence-corrected chi connectivity index (χ1v) is 11.3. The number of aromatic hydroxyl groups is 1. The van der Waals surface area contributed by atoms with E-state index in [1.807, 2.05) is 25.1 Å². The van der Waals surface area contributed by atoms with E-state index in [0.717, 1.165) is 53.9 Å². The molecule has 6 nitrogen and oxygen atoms in total. The number of halogens is 1. The standard InChI is InChI=1S/C23H27BrN2O4/c1-3-29-23(28)20-15(2)26(13-16-8-7-11-30-16)19-12-18(24)22(27)17(21(19)20)14-25-9-5-4-6-10-25/h7-8,11-12,27H,3-6,9-10,13-14H2,1-2H3. The lowest BCUT2D eigenvalue weighted by Crippen LogP contribution is -2.29. The van der Waals surface area contributed by atoms with Crippen LogP contribution in [-0.2, 0) is 17.8 Å². The first-order valence-electron chi connectivity index (χ1n) is 10.5. The summed E-state index contributed by atoms with van der Waals surface area (Å²) in [5, 5.41) is 11.7. The lowest BCUT2D eigenvalue weighted by Gasteiger charge is -2.27. The van der Waals surface area contributed by atoms with Crippen LogP contribution >= 0.6 is 15.9 Å². The summed E-state index contributed by atoms with van der Waals surface area (Å²) in [4.78, 5) is 15.3. The van der Waals surface area contributed by atoms with Crippen molar-refractivity contribution in [2.75, 3.05) is 19.7 Å². The van der Waals surface area contributed by atoms with E-state index < -0.39 is 0 Å². The molecule has 0 saturated carbocycles. The third-order valence-electron chi connectivity index (χ3n) is 5.84. The average Bonchev–Trinajstić information content (AvgIpc) is 3.34. The van der Waals surface area contributed by atoms with Gasteiger partial charge >= 0.3 is 5.97 Å². The maximum atomic E-state index is 13.0. The fourth-order valence-corrected chi connectivity index (χ4v) is 4.83. The van der Waals surface area contributed by atoms with Crippen LogP contribution in [0.4, 0.5) is 0 Å². The van der Waals surface area contributed by atoms with Gasteiger partial charge in [0.1, 0.15) is 11.5 Å². The van der Waals surface area contributed by atoms with Gasteiger partial charge in [-0.2, -0.15) is 0 Å². The molecule has 0 spiro atoms. The highest BCUT2D eigenvalue weighted by Crippen LogP contribution is 2.40. The summed E-state index contributed by atoms with van der Waals surface area (Å²) in [6.45, 7) is 7.10. The van der Waals surface area contributed by atoms with E-state index >= 15 is 0 Å². The molecular formula is C23H27BrN2O4. The van der Waals surface area contributed by atoms with Crippen molar-refractivity contribution in [2.45, 2.75) is 46.2 Å². The highest BCUT2D eigenvalue weighted by molar-refractivity contribution is 9.10. The first-order chi connectivity index (χ1) is 14.5. The molecule has 0 amide bonds. The zero-order chi connectivity index (χ0) is 21.3. The molecule has 0 unspecified atom stereocenters. The minimum atomic E-state index is -0.361. The zero-order valence-electron chi connectivity index (χ0n) is 17.4. The molecule has 1 N–H and O–H groups in total. The Morgan fingerprint density at radius 2 is 2.03 bits per heavy atom. The van der Waals surface area contributed by atoms with Gasteiger partial charge in [0.25, 0.3) is 0 Å². The van der Waals surface area contributed by atoms with Gasteiger partial charge in [-0.05, 0) is 73.9 Å². The first kappa shape index (κ1) is 21.0. The predicted molar refractivity (Wildman–Crippen MR) is 119 cm³/mol. The third-order valence-corrected chi connectivity index (χ3v) is 6.45. The molecule has 4 rings (SSSR count). The molecule has 2 aromatic heterocycles. The summed E-state index contributed by atoms with van der Waals surface area (Å²) in [7, 11) is 0. The van der Waals surface area contributed by atoms with E-state index in [9.17, 15) is 9.90 Å². The quantitative estimate of drug-likeness (QED) is 0.495. The lowest BCUT2D eigenvalue weighted by molar-refractivity contribution is 0.0527. The van der Waals surface area contributed by atoms with E-state index in [0.29, 0.717) is 29.7 Å². The van der Waals surface area contributed by atoms with Crippen LogP contribution in [-0.4, -0.2) is 40.2 Å². The molecule has 1 aliphatic heterocycles. The van der Waals surface area contributed by atoms with Crippen molar-refractivity contribution in [3.63, 3.8) is 0 Å². The number of rotatable bonds is 6. The van der Waals surface area contributed by atoms with E-state index in [1.165, 1.54) is 6.42 Å². The van der Waals surface area contributed by atoms with Crippen LogP contribution in [0.25, 0.3) is 10.9 Å². The molecule has 160 valence electrons. The second-order valence-corrected chi connectivity index (χ2v) is 8.62. The summed E-state index contributed by atoms with van der Waals surface area (Å²) in [6, 6.07) is 5.65. The number of nitrogens with zero attached hydrogens (tertiary/aromatic N) is 2. The Bertz CT molecular complexity index is 1050. The summed E-state index contributed by atoms with van der Waals surface area (Å²) < 4.78 is 13.6. The molecule has 0 aliphatic carbocycles. The number of ether oxygens (including phenoxy) is 1. The fraction of sp³-hybridized carbons (Fsp3) is 0.435. The molecule has 3 aromatic rings. The zero-order valence-corrected chi connectivity index (χ0v) is 19.0. The van der Waals surface area contributed by atoms with Gasteiger partial charge in [0.15, 0.2) is 0 Å². The number of phenolic OH excluding ortho intramolecular Hbond substituents is 1. The molecule has 3 heterocycles. The number of piperidine rings is 1. The summed E-state index contributed by atoms with van der Waals surface area (Å²) in [6.07, 6.45) is 5.19. The fourth-order valence-electron chi connectivity index (χ4n) is 4.38. The number of fused-ring (bicyclic) bond motifs is 1. The number of carbonyl (C=O) groups excluding carboxylic acids is 1. The molecule has 0 bridgehead atoms. The maximum absolute atomic E-state index is 13.0. The number of hydrogen-bond donors (Lipinski definition) is 1. The highest BCUT2D eigenvalue weighted by atomic mass is 79.9. The monoisotopic (exact) mass is 474 g/mol. The Kier molecular flexibility index (Phi) is 6.20. The van der Waals surface area contributed by atoms with E-state index in [4.69, 9.17) is 9.15 Å². The number of esters is 1. The number of hydrogen-bond acceptors (Lipinski definition) is 5. The number of likely N-dealkylation sites (tertiary alicyclic amines) is 1. The van der Waals surface area contributed by atoms with Gasteiger partial charge < -0.3 is 18.8 Å². The normalized spacial score (nSPS) is 15.0. The van der Waals surface area contributed by atoms with Gasteiger partial charge in [-0.1, -0.05) is 6.42 Å². The summed E-state index contributed by atoms with van der Waals surface area (Å²) in [5.41, 5.74) is 2.97. The molecule has 1 aromatic carbocycles. The number of benzene rings is 1. The van der Waals surface area contributed by atoms with Crippen molar-refractivity contribution < 1.29 is 19.1 Å². The predicted octanol–water partition coefficient (Wildman–Crippen LogP) is 5.22. The Morgan fingerprint density at radius 1 is 1.27 bits per heavy atom. The van der Waals surface area contributed by atoms with Crippen molar-refractivity contribution in [2.24, 2.45) is 0 Å². The highest BCUT2D eigenvalue weighted by Gasteiger charge is 2.27. The summed E-state index contributed by atoms with van der Waals surface area (Å²) in [5.74, 6) is 0.626. The Hall–Kier alpha value is -2.25. The average molecular weight is 475 g/mol. The van der Waals surface area contributed by atoms with Crippen molar-refractivity contribution in [1.29, 1.82) is 0 Å². The van der Waals surface area contributed by atoms with E-state index in [2.05, 4.69) is 25.4 Å². The van der Waals surface area contributed by atoms with Crippen LogP contribution in [0.1, 0.15) is 53.6 Å². The molecule has 1 fully saturated rings. The van der Waals surface area contributed by atoms with Gasteiger partial charge in [0, 0.05) is 23.2 Å². The molecule has 30 heavy (non-hydrogen) atoms. The number of aromatic nitrogens is 1. The lowest BCUT2D eigenvalue weighted by atomic mass is 10.0. The van der Waals surface area contributed by atoms with Gasteiger partial charge in [0.2, 0.25) is 0 Å². The van der Waals surface area contributed by atoms with Crippen molar-refractivity contribution >= 4 is 32.8 Å². The smallest absolute Gasteiger partial charge is 0.340 e. The molecule has 7 heteroatoms. The van der Waals surface area contributed by atoms with Gasteiger partial charge in [-0.15, -0.1) is 0 Å². The Morgan fingerprint density at radius 3 is 2.70 bits per heavy atom. The van der Waals surface area contributed by atoms with Crippen LogP contribution < -0.4 is 0 Å². The van der Waals surface area contributed by atoms with Crippen molar-refractivity contribution in [1.82, 2.24) is 9.47 Å². The van der Waals surface area contributed by atoms with Gasteiger partial charge in [-0.25, -0.2) is 4.79 Å². The van der Waals surface area contributed by atoms with E-state index in [1.54, 1.807) is 13.2 Å². The second kappa shape index (κ2) is 8.86. The Balaban J connectivity index is 1.92. The van der Waals surface area contributed by atoms with Crippen molar-refractivity contribution in [3.8, 4) is 5.75 Å². The number of phenols is 1. The SMILES string of the molecule is CCOC(=O)c1c(C)n(Cc2ccco2)c2cc(Br)c(O)c(CN3CCCCC3)c12. The van der Waals surface area contributed by atoms with Crippen LogP contribution in [0.5, 0.6) is 5.75 Å². The molecular weight excluding hydrogens is 448 g/mol. The third kappa shape index (κ3) is 3.88. The number of carbonyl (C=O) groups is 1. The largest absolute Gasteiger partial charge is 0.506 e. The van der Waals surface area contributed by atoms with E-state index in [-0.39, 0.29) is 11.7 Å². The Labute approximate surface area is 184 Å². The van der Waals surface area contributed by atoms with Crippen LogP contribution in [0.3, 0.4) is 0 Å².